The van der Waals surface area contributed by atoms with Crippen molar-refractivity contribution in [2.45, 2.75) is 53.1 Å². The molecule has 0 aromatic rings. The molecule has 3 unspecified atom stereocenters. The molecule has 1 aliphatic rings. The van der Waals surface area contributed by atoms with E-state index in [1.807, 2.05) is 0 Å². The van der Waals surface area contributed by atoms with E-state index in [1.165, 1.54) is 25.8 Å². The minimum absolute atomic E-state index is 0.372. The molecule has 1 aliphatic carbocycles. The molecular weight excluding hydrogens is 198 g/mol. The molecule has 0 amide bonds. The summed E-state index contributed by atoms with van der Waals surface area (Å²) in [6, 6.07) is 0. The lowest BCUT2D eigenvalue weighted by molar-refractivity contribution is 0.0143. The Morgan fingerprint density at radius 2 is 2.00 bits per heavy atom. The van der Waals surface area contributed by atoms with Gasteiger partial charge in [-0.2, -0.15) is 0 Å². The summed E-state index contributed by atoms with van der Waals surface area (Å²) in [4.78, 5) is 0. The molecule has 0 spiro atoms. The van der Waals surface area contributed by atoms with Crippen LogP contribution in [0.2, 0.25) is 0 Å². The van der Waals surface area contributed by atoms with Crippen LogP contribution in [0.15, 0.2) is 0 Å². The highest BCUT2D eigenvalue weighted by atomic mass is 16.5. The van der Waals surface area contributed by atoms with E-state index in [-0.39, 0.29) is 0 Å². The van der Waals surface area contributed by atoms with Gasteiger partial charge in [-0.3, -0.25) is 0 Å². The molecule has 0 radical (unpaired) electrons. The number of ether oxygens (including phenoxy) is 1. The summed E-state index contributed by atoms with van der Waals surface area (Å²) in [6.07, 6.45) is 4.49. The van der Waals surface area contributed by atoms with Gasteiger partial charge in [-0.1, -0.05) is 20.3 Å². The molecule has 1 N–H and O–H groups in total. The summed E-state index contributed by atoms with van der Waals surface area (Å²) in [6.45, 7) is 12.0. The average Bonchev–Trinajstić information content (AvgIpc) is 2.25. The quantitative estimate of drug-likeness (QED) is 0.753. The van der Waals surface area contributed by atoms with Crippen LogP contribution in [0, 0.1) is 17.8 Å². The van der Waals surface area contributed by atoms with Crippen molar-refractivity contribution in [3.63, 3.8) is 0 Å². The molecular formula is C14H29NO. The second-order valence-corrected chi connectivity index (χ2v) is 5.63. The Balaban J connectivity index is 2.38. The monoisotopic (exact) mass is 227 g/mol. The zero-order chi connectivity index (χ0) is 12.0. The molecule has 2 nitrogen and oxygen atoms in total. The Kier molecular flexibility index (Phi) is 6.37. The van der Waals surface area contributed by atoms with E-state index in [0.717, 1.165) is 30.9 Å². The van der Waals surface area contributed by atoms with Gasteiger partial charge in [0.2, 0.25) is 0 Å². The summed E-state index contributed by atoms with van der Waals surface area (Å²) < 4.78 is 5.81. The third kappa shape index (κ3) is 4.84. The predicted molar refractivity (Wildman–Crippen MR) is 69.6 cm³/mol. The molecule has 0 aliphatic heterocycles. The van der Waals surface area contributed by atoms with Crippen molar-refractivity contribution in [2.75, 3.05) is 19.7 Å². The molecule has 1 fully saturated rings. The lowest BCUT2D eigenvalue weighted by Gasteiger charge is -2.35. The predicted octanol–water partition coefficient (Wildman–Crippen LogP) is 3.07. The van der Waals surface area contributed by atoms with Gasteiger partial charge in [-0.15, -0.1) is 0 Å². The summed E-state index contributed by atoms with van der Waals surface area (Å²) in [5.74, 6) is 2.48. The highest BCUT2D eigenvalue weighted by Gasteiger charge is 2.28. The standard InChI is InChI=1S/C14H29NO/c1-5-15-9-13-7-6-12(4)8-14(13)10-16-11(2)3/h11-15H,5-10H2,1-4H3. The summed E-state index contributed by atoms with van der Waals surface area (Å²) in [5.41, 5.74) is 0. The third-order valence-electron chi connectivity index (χ3n) is 3.70. The molecule has 1 rings (SSSR count). The van der Waals surface area contributed by atoms with E-state index in [9.17, 15) is 0 Å². The van der Waals surface area contributed by atoms with E-state index >= 15 is 0 Å². The van der Waals surface area contributed by atoms with Crippen LogP contribution in [0.25, 0.3) is 0 Å². The first kappa shape index (κ1) is 14.0. The van der Waals surface area contributed by atoms with Crippen LogP contribution >= 0.6 is 0 Å². The van der Waals surface area contributed by atoms with Crippen LogP contribution in [0.3, 0.4) is 0 Å². The maximum atomic E-state index is 5.81. The summed E-state index contributed by atoms with van der Waals surface area (Å²) in [5, 5.41) is 3.49. The molecule has 0 heterocycles. The molecule has 0 aromatic heterocycles. The van der Waals surface area contributed by atoms with Crippen LogP contribution in [0.1, 0.15) is 47.0 Å². The fraction of sp³-hybridized carbons (Fsp3) is 1.00. The second kappa shape index (κ2) is 7.29. The van der Waals surface area contributed by atoms with Gasteiger partial charge in [0, 0.05) is 0 Å². The summed E-state index contributed by atoms with van der Waals surface area (Å²) in [7, 11) is 0. The van der Waals surface area contributed by atoms with Gasteiger partial charge in [0.1, 0.15) is 0 Å². The van der Waals surface area contributed by atoms with Gasteiger partial charge in [-0.05, 0) is 57.5 Å². The topological polar surface area (TPSA) is 21.3 Å². The Labute approximate surface area is 101 Å². The van der Waals surface area contributed by atoms with Crippen LogP contribution in [0.4, 0.5) is 0 Å². The first-order valence-electron chi connectivity index (χ1n) is 6.95. The Hall–Kier alpha value is -0.0800. The van der Waals surface area contributed by atoms with Crippen molar-refractivity contribution in [3.8, 4) is 0 Å². The highest BCUT2D eigenvalue weighted by Crippen LogP contribution is 2.33. The Morgan fingerprint density at radius 3 is 2.62 bits per heavy atom. The van der Waals surface area contributed by atoms with Gasteiger partial charge in [-0.25, -0.2) is 0 Å². The van der Waals surface area contributed by atoms with Gasteiger partial charge >= 0.3 is 0 Å². The van der Waals surface area contributed by atoms with Gasteiger partial charge in [0.25, 0.3) is 0 Å². The van der Waals surface area contributed by atoms with Gasteiger partial charge < -0.3 is 10.1 Å². The summed E-state index contributed by atoms with van der Waals surface area (Å²) >= 11 is 0. The van der Waals surface area contributed by atoms with E-state index in [4.69, 9.17) is 4.74 Å². The molecule has 16 heavy (non-hydrogen) atoms. The van der Waals surface area contributed by atoms with Crippen molar-refractivity contribution in [3.05, 3.63) is 0 Å². The smallest absolute Gasteiger partial charge is 0.0519 e. The minimum Gasteiger partial charge on any atom is -0.378 e. The maximum Gasteiger partial charge on any atom is 0.0519 e. The van der Waals surface area contributed by atoms with Crippen LogP contribution in [-0.2, 0) is 4.74 Å². The van der Waals surface area contributed by atoms with Crippen molar-refractivity contribution in [1.82, 2.24) is 5.32 Å². The second-order valence-electron chi connectivity index (χ2n) is 5.63. The van der Waals surface area contributed by atoms with E-state index < -0.39 is 0 Å². The van der Waals surface area contributed by atoms with Crippen molar-refractivity contribution >= 4 is 0 Å². The van der Waals surface area contributed by atoms with Gasteiger partial charge in [0.15, 0.2) is 0 Å². The molecule has 2 heteroatoms. The Morgan fingerprint density at radius 1 is 1.25 bits per heavy atom. The maximum absolute atomic E-state index is 5.81. The molecule has 96 valence electrons. The van der Waals surface area contributed by atoms with Gasteiger partial charge in [0.05, 0.1) is 12.7 Å². The number of nitrogens with one attached hydrogen (secondary N) is 1. The van der Waals surface area contributed by atoms with Crippen LogP contribution in [-0.4, -0.2) is 25.8 Å². The minimum atomic E-state index is 0.372. The fourth-order valence-electron chi connectivity index (χ4n) is 2.68. The zero-order valence-electron chi connectivity index (χ0n) is 11.5. The van der Waals surface area contributed by atoms with Crippen molar-refractivity contribution in [1.29, 1.82) is 0 Å². The molecule has 3 atom stereocenters. The number of hydrogen-bond donors (Lipinski definition) is 1. The van der Waals surface area contributed by atoms with E-state index in [2.05, 4.69) is 33.0 Å². The number of rotatable bonds is 6. The molecule has 0 saturated heterocycles. The van der Waals surface area contributed by atoms with Crippen molar-refractivity contribution in [2.24, 2.45) is 17.8 Å². The lowest BCUT2D eigenvalue weighted by atomic mass is 9.75. The highest BCUT2D eigenvalue weighted by molar-refractivity contribution is 4.80. The van der Waals surface area contributed by atoms with E-state index in [1.54, 1.807) is 0 Å². The lowest BCUT2D eigenvalue weighted by Crippen LogP contribution is -2.35. The van der Waals surface area contributed by atoms with Crippen LogP contribution < -0.4 is 5.32 Å². The largest absolute Gasteiger partial charge is 0.378 e. The van der Waals surface area contributed by atoms with E-state index in [0.29, 0.717) is 6.10 Å². The average molecular weight is 227 g/mol. The fourth-order valence-corrected chi connectivity index (χ4v) is 2.68. The SMILES string of the molecule is CCNCC1CCC(C)CC1COC(C)C. The first-order valence-corrected chi connectivity index (χ1v) is 6.95. The molecule has 0 bridgehead atoms. The molecule has 1 saturated carbocycles. The third-order valence-corrected chi connectivity index (χ3v) is 3.70. The normalized spacial score (nSPS) is 30.9. The van der Waals surface area contributed by atoms with Crippen LogP contribution in [0.5, 0.6) is 0 Å². The zero-order valence-corrected chi connectivity index (χ0v) is 11.5. The number of hydrogen-bond acceptors (Lipinski definition) is 2. The van der Waals surface area contributed by atoms with Crippen molar-refractivity contribution < 1.29 is 4.74 Å². The Bertz CT molecular complexity index is 180. The molecule has 0 aromatic carbocycles. The first-order chi connectivity index (χ1) is 7.63.